The van der Waals surface area contributed by atoms with Crippen molar-refractivity contribution in [3.05, 3.63) is 0 Å². The fourth-order valence-corrected chi connectivity index (χ4v) is 0.859. The Balaban J connectivity index is 0. The first kappa shape index (κ1) is 12.9. The zero-order valence-corrected chi connectivity index (χ0v) is 7.53. The summed E-state index contributed by atoms with van der Waals surface area (Å²) < 4.78 is 0. The molecule has 0 fully saturated rings. The van der Waals surface area contributed by atoms with E-state index in [0.29, 0.717) is 0 Å². The van der Waals surface area contributed by atoms with Crippen molar-refractivity contribution in [1.29, 1.82) is 0 Å². The van der Waals surface area contributed by atoms with E-state index in [9.17, 15) is 14.4 Å². The predicted molar refractivity (Wildman–Crippen MR) is 42.8 cm³/mol. The Bertz CT molecular complexity index is 153. The lowest BCUT2D eigenvalue weighted by Crippen LogP contribution is -2.26. The van der Waals surface area contributed by atoms with E-state index in [1.54, 1.807) is 0 Å². The molecule has 0 saturated heterocycles. The molecule has 0 aromatic carbocycles. The molecule has 0 heterocycles. The van der Waals surface area contributed by atoms with Gasteiger partial charge in [-0.1, -0.05) is 0 Å². The SMILES string of the molecule is CC(=O)C(C(C)=O)C(C)=O.Cl. The molecule has 0 atom stereocenters. The Hall–Kier alpha value is -0.700. The summed E-state index contributed by atoms with van der Waals surface area (Å²) in [6, 6.07) is 0. The van der Waals surface area contributed by atoms with Crippen molar-refractivity contribution in [2.24, 2.45) is 5.92 Å². The summed E-state index contributed by atoms with van der Waals surface area (Å²) in [6.07, 6.45) is 0. The van der Waals surface area contributed by atoms with Gasteiger partial charge < -0.3 is 0 Å². The summed E-state index contributed by atoms with van der Waals surface area (Å²) in [5, 5.41) is 0. The number of rotatable bonds is 3. The minimum absolute atomic E-state index is 0. The lowest BCUT2D eigenvalue weighted by molar-refractivity contribution is -0.137. The molecule has 0 radical (unpaired) electrons. The molecule has 0 amide bonds. The number of ketones is 3. The quantitative estimate of drug-likeness (QED) is 0.601. The van der Waals surface area contributed by atoms with Crippen molar-refractivity contribution in [3.8, 4) is 0 Å². The molecule has 0 bridgehead atoms. The molecule has 0 aliphatic rings. The normalized spacial score (nSPS) is 8.73. The Labute approximate surface area is 71.6 Å². The molecular formula is C7H11ClO3. The van der Waals surface area contributed by atoms with Gasteiger partial charge in [-0.2, -0.15) is 0 Å². The second-order valence-corrected chi connectivity index (χ2v) is 2.26. The zero-order chi connectivity index (χ0) is 8.31. The van der Waals surface area contributed by atoms with Crippen molar-refractivity contribution in [2.45, 2.75) is 20.8 Å². The predicted octanol–water partition coefficient (Wildman–Crippen LogP) is 0.791. The first-order valence-corrected chi connectivity index (χ1v) is 2.98. The number of hydrogen-bond acceptors (Lipinski definition) is 3. The van der Waals surface area contributed by atoms with Gasteiger partial charge in [-0.15, -0.1) is 12.4 Å². The molecule has 0 aliphatic carbocycles. The third-order valence-electron chi connectivity index (χ3n) is 1.22. The van der Waals surface area contributed by atoms with Gasteiger partial charge in [-0.3, -0.25) is 14.4 Å². The van der Waals surface area contributed by atoms with Crippen LogP contribution in [0.25, 0.3) is 0 Å². The molecule has 0 aromatic heterocycles. The Morgan fingerprint density at radius 3 is 1.00 bits per heavy atom. The van der Waals surface area contributed by atoms with Gasteiger partial charge in [0.25, 0.3) is 0 Å². The molecule has 0 saturated carbocycles. The summed E-state index contributed by atoms with van der Waals surface area (Å²) in [6.45, 7) is 3.73. The Morgan fingerprint density at radius 1 is 0.818 bits per heavy atom. The maximum Gasteiger partial charge on any atom is 0.147 e. The van der Waals surface area contributed by atoms with Gasteiger partial charge in [0, 0.05) is 0 Å². The van der Waals surface area contributed by atoms with Gasteiger partial charge in [0.05, 0.1) is 0 Å². The fraction of sp³-hybridized carbons (Fsp3) is 0.571. The highest BCUT2D eigenvalue weighted by Crippen LogP contribution is 2.00. The largest absolute Gasteiger partial charge is 0.299 e. The molecule has 64 valence electrons. The summed E-state index contributed by atoms with van der Waals surface area (Å²) in [7, 11) is 0. The van der Waals surface area contributed by atoms with Crippen LogP contribution in [-0.2, 0) is 14.4 Å². The monoisotopic (exact) mass is 178 g/mol. The van der Waals surface area contributed by atoms with Crippen LogP contribution in [0.15, 0.2) is 0 Å². The van der Waals surface area contributed by atoms with E-state index in [1.165, 1.54) is 20.8 Å². The summed E-state index contributed by atoms with van der Waals surface area (Å²) in [5.41, 5.74) is 0. The van der Waals surface area contributed by atoms with E-state index in [2.05, 4.69) is 0 Å². The zero-order valence-electron chi connectivity index (χ0n) is 6.71. The van der Waals surface area contributed by atoms with E-state index in [1.807, 2.05) is 0 Å². The van der Waals surface area contributed by atoms with Gasteiger partial charge in [-0.25, -0.2) is 0 Å². The highest BCUT2D eigenvalue weighted by atomic mass is 35.5. The van der Waals surface area contributed by atoms with E-state index in [0.717, 1.165) is 0 Å². The standard InChI is InChI=1S/C7H10O3.ClH/c1-4(8)7(5(2)9)6(3)10;/h7H,1-3H3;1H. The molecule has 0 unspecified atom stereocenters. The molecule has 0 N–H and O–H groups in total. The van der Waals surface area contributed by atoms with Gasteiger partial charge in [0.15, 0.2) is 0 Å². The topological polar surface area (TPSA) is 51.2 Å². The minimum atomic E-state index is -1.03. The molecule has 3 nitrogen and oxygen atoms in total. The molecule has 0 spiro atoms. The van der Waals surface area contributed by atoms with Crippen LogP contribution in [0.5, 0.6) is 0 Å². The van der Waals surface area contributed by atoms with Crippen LogP contribution in [0.3, 0.4) is 0 Å². The van der Waals surface area contributed by atoms with Gasteiger partial charge >= 0.3 is 0 Å². The maximum absolute atomic E-state index is 10.6. The summed E-state index contributed by atoms with van der Waals surface area (Å²) in [4.78, 5) is 31.8. The lowest BCUT2D eigenvalue weighted by Gasteiger charge is -2.02. The fourth-order valence-electron chi connectivity index (χ4n) is 0.859. The van der Waals surface area contributed by atoms with Crippen LogP contribution >= 0.6 is 12.4 Å². The second kappa shape index (κ2) is 5.02. The molecule has 0 rings (SSSR count). The van der Waals surface area contributed by atoms with Crippen LogP contribution in [0.2, 0.25) is 0 Å². The second-order valence-electron chi connectivity index (χ2n) is 2.26. The van der Waals surface area contributed by atoms with Crippen molar-refractivity contribution < 1.29 is 14.4 Å². The maximum atomic E-state index is 10.6. The van der Waals surface area contributed by atoms with E-state index in [-0.39, 0.29) is 29.8 Å². The lowest BCUT2D eigenvalue weighted by atomic mass is 9.97. The molecule has 0 aliphatic heterocycles. The van der Waals surface area contributed by atoms with E-state index >= 15 is 0 Å². The third-order valence-corrected chi connectivity index (χ3v) is 1.22. The van der Waals surface area contributed by atoms with E-state index < -0.39 is 5.92 Å². The third kappa shape index (κ3) is 3.88. The van der Waals surface area contributed by atoms with Gasteiger partial charge in [-0.05, 0) is 20.8 Å². The van der Waals surface area contributed by atoms with Crippen molar-refractivity contribution in [3.63, 3.8) is 0 Å². The Kier molecular flexibility index (Phi) is 5.90. The van der Waals surface area contributed by atoms with Crippen LogP contribution in [-0.4, -0.2) is 17.3 Å². The van der Waals surface area contributed by atoms with Crippen LogP contribution in [0.1, 0.15) is 20.8 Å². The van der Waals surface area contributed by atoms with Crippen LogP contribution in [0.4, 0.5) is 0 Å². The highest BCUT2D eigenvalue weighted by Gasteiger charge is 2.23. The van der Waals surface area contributed by atoms with Crippen LogP contribution < -0.4 is 0 Å². The van der Waals surface area contributed by atoms with Crippen molar-refractivity contribution >= 4 is 29.8 Å². The summed E-state index contributed by atoms with van der Waals surface area (Å²) in [5.74, 6) is -2.15. The van der Waals surface area contributed by atoms with Gasteiger partial charge in [0.2, 0.25) is 0 Å². The number of halogens is 1. The minimum Gasteiger partial charge on any atom is -0.299 e. The van der Waals surface area contributed by atoms with E-state index in [4.69, 9.17) is 0 Å². The van der Waals surface area contributed by atoms with Crippen molar-refractivity contribution in [2.75, 3.05) is 0 Å². The Morgan fingerprint density at radius 2 is 1.00 bits per heavy atom. The average Bonchev–Trinajstić information content (AvgIpc) is 1.59. The first-order valence-electron chi connectivity index (χ1n) is 2.98. The highest BCUT2D eigenvalue weighted by molar-refractivity contribution is 6.17. The summed E-state index contributed by atoms with van der Waals surface area (Å²) >= 11 is 0. The number of Topliss-reactive ketones (excluding diaryl/α,β-unsaturated/α-hetero) is 3. The molecule has 4 heteroatoms. The first-order chi connectivity index (χ1) is 4.46. The molecule has 0 aromatic rings. The van der Waals surface area contributed by atoms with Gasteiger partial charge in [0.1, 0.15) is 23.3 Å². The number of carbonyl (C=O) groups is 3. The number of hydrogen-bond donors (Lipinski definition) is 0. The van der Waals surface area contributed by atoms with Crippen molar-refractivity contribution in [1.82, 2.24) is 0 Å². The average molecular weight is 179 g/mol. The van der Waals surface area contributed by atoms with Crippen LogP contribution in [0, 0.1) is 5.92 Å². The molecular weight excluding hydrogens is 168 g/mol. The number of carbonyl (C=O) groups excluding carboxylic acids is 3. The smallest absolute Gasteiger partial charge is 0.147 e. The molecule has 11 heavy (non-hydrogen) atoms.